The molecule has 0 bridgehead atoms. The fraction of sp³-hybridized carbons (Fsp3) is 0.500. The Kier molecular flexibility index (Phi) is 5.92. The second kappa shape index (κ2) is 8.54. The highest BCUT2D eigenvalue weighted by atomic mass is 16.1. The first-order valence-corrected chi connectivity index (χ1v) is 8.91. The standard InChI is InChI=1S/C18H23N7O/c1-14-5-6-17(26)25(23-14)11-10-24-9-3-2-4-15(24)13-22-18-16(12-19)20-7-8-21-18/h5-8,15H,2-4,9-11,13H2,1H3,(H,21,22). The molecule has 0 spiro atoms. The van der Waals surface area contributed by atoms with E-state index in [-0.39, 0.29) is 5.56 Å². The summed E-state index contributed by atoms with van der Waals surface area (Å²) >= 11 is 0. The molecule has 3 heterocycles. The van der Waals surface area contributed by atoms with Crippen molar-refractivity contribution >= 4 is 5.82 Å². The monoisotopic (exact) mass is 353 g/mol. The Labute approximate surface area is 152 Å². The lowest BCUT2D eigenvalue weighted by molar-refractivity contribution is 0.148. The van der Waals surface area contributed by atoms with Gasteiger partial charge in [0.1, 0.15) is 6.07 Å². The number of hydrogen-bond donors (Lipinski definition) is 1. The van der Waals surface area contributed by atoms with E-state index in [4.69, 9.17) is 5.26 Å². The van der Waals surface area contributed by atoms with Crippen LogP contribution >= 0.6 is 0 Å². The van der Waals surface area contributed by atoms with Crippen molar-refractivity contribution in [3.8, 4) is 6.07 Å². The lowest BCUT2D eigenvalue weighted by Gasteiger charge is -2.35. The quantitative estimate of drug-likeness (QED) is 0.832. The topological polar surface area (TPSA) is 99.7 Å². The molecule has 0 aliphatic carbocycles. The van der Waals surface area contributed by atoms with Gasteiger partial charge in [-0.1, -0.05) is 6.42 Å². The van der Waals surface area contributed by atoms with E-state index in [9.17, 15) is 4.79 Å². The summed E-state index contributed by atoms with van der Waals surface area (Å²) < 4.78 is 1.53. The summed E-state index contributed by atoms with van der Waals surface area (Å²) in [7, 11) is 0. The lowest BCUT2D eigenvalue weighted by Crippen LogP contribution is -2.45. The highest BCUT2D eigenvalue weighted by Gasteiger charge is 2.22. The zero-order chi connectivity index (χ0) is 18.4. The van der Waals surface area contributed by atoms with Crippen LogP contribution in [0.5, 0.6) is 0 Å². The van der Waals surface area contributed by atoms with Gasteiger partial charge in [-0.25, -0.2) is 14.6 Å². The molecule has 1 fully saturated rings. The molecule has 0 saturated carbocycles. The van der Waals surface area contributed by atoms with Crippen molar-refractivity contribution in [3.63, 3.8) is 0 Å². The van der Waals surface area contributed by atoms with Crippen LogP contribution in [0.1, 0.15) is 30.7 Å². The van der Waals surface area contributed by atoms with Crippen LogP contribution in [0.2, 0.25) is 0 Å². The van der Waals surface area contributed by atoms with Crippen LogP contribution in [0.25, 0.3) is 0 Å². The van der Waals surface area contributed by atoms with E-state index in [1.807, 2.05) is 6.92 Å². The van der Waals surface area contributed by atoms with Gasteiger partial charge >= 0.3 is 0 Å². The zero-order valence-corrected chi connectivity index (χ0v) is 14.9. The fourth-order valence-corrected chi connectivity index (χ4v) is 3.28. The molecule has 26 heavy (non-hydrogen) atoms. The lowest BCUT2D eigenvalue weighted by atomic mass is 10.0. The van der Waals surface area contributed by atoms with Gasteiger partial charge in [0.15, 0.2) is 11.5 Å². The number of likely N-dealkylation sites (tertiary alicyclic amines) is 1. The third-order valence-electron chi connectivity index (χ3n) is 4.66. The Morgan fingerprint density at radius 2 is 2.12 bits per heavy atom. The number of nitrogens with zero attached hydrogens (tertiary/aromatic N) is 6. The summed E-state index contributed by atoms with van der Waals surface area (Å²) in [5.41, 5.74) is 1.08. The second-order valence-corrected chi connectivity index (χ2v) is 6.47. The average Bonchev–Trinajstić information content (AvgIpc) is 2.68. The highest BCUT2D eigenvalue weighted by molar-refractivity contribution is 5.46. The fourth-order valence-electron chi connectivity index (χ4n) is 3.28. The zero-order valence-electron chi connectivity index (χ0n) is 14.9. The molecule has 8 nitrogen and oxygen atoms in total. The summed E-state index contributed by atoms with van der Waals surface area (Å²) in [5, 5.41) is 16.7. The van der Waals surface area contributed by atoms with Crippen LogP contribution in [0.3, 0.4) is 0 Å². The minimum Gasteiger partial charge on any atom is -0.366 e. The van der Waals surface area contributed by atoms with Crippen molar-refractivity contribution in [2.75, 3.05) is 25.0 Å². The van der Waals surface area contributed by atoms with E-state index in [1.54, 1.807) is 18.3 Å². The maximum absolute atomic E-state index is 11.9. The Morgan fingerprint density at radius 3 is 2.96 bits per heavy atom. The van der Waals surface area contributed by atoms with Crippen molar-refractivity contribution in [1.29, 1.82) is 5.26 Å². The van der Waals surface area contributed by atoms with Crippen LogP contribution in [-0.4, -0.2) is 50.3 Å². The van der Waals surface area contributed by atoms with Crippen molar-refractivity contribution in [1.82, 2.24) is 24.6 Å². The van der Waals surface area contributed by atoms with Crippen LogP contribution in [0, 0.1) is 18.3 Å². The number of nitrogens with one attached hydrogen (secondary N) is 1. The van der Waals surface area contributed by atoms with Gasteiger partial charge in [-0.05, 0) is 32.4 Å². The van der Waals surface area contributed by atoms with Gasteiger partial charge in [-0.15, -0.1) is 0 Å². The molecule has 3 rings (SSSR count). The van der Waals surface area contributed by atoms with Gasteiger partial charge in [0, 0.05) is 37.6 Å². The van der Waals surface area contributed by atoms with Gasteiger partial charge in [0.2, 0.25) is 0 Å². The minimum absolute atomic E-state index is 0.0690. The predicted octanol–water partition coefficient (Wildman–Crippen LogP) is 1.18. The number of piperidine rings is 1. The molecule has 1 aliphatic rings. The number of aromatic nitrogens is 4. The molecular weight excluding hydrogens is 330 g/mol. The number of aryl methyl sites for hydroxylation is 1. The Hall–Kier alpha value is -2.79. The first-order chi connectivity index (χ1) is 12.7. The number of anilines is 1. The summed E-state index contributed by atoms with van der Waals surface area (Å²) in [6.45, 7) is 4.93. The molecule has 8 heteroatoms. The first-order valence-electron chi connectivity index (χ1n) is 8.91. The van der Waals surface area contributed by atoms with Crippen LogP contribution in [0.4, 0.5) is 5.82 Å². The van der Waals surface area contributed by atoms with E-state index < -0.39 is 0 Å². The third-order valence-corrected chi connectivity index (χ3v) is 4.66. The SMILES string of the molecule is Cc1ccc(=O)n(CCN2CCCCC2CNc2nccnc2C#N)n1. The average molecular weight is 353 g/mol. The maximum atomic E-state index is 11.9. The van der Waals surface area contributed by atoms with Crippen LogP contribution in [0.15, 0.2) is 29.3 Å². The molecule has 1 atom stereocenters. The van der Waals surface area contributed by atoms with Crippen molar-refractivity contribution < 1.29 is 0 Å². The van der Waals surface area contributed by atoms with Crippen LogP contribution < -0.4 is 10.9 Å². The van der Waals surface area contributed by atoms with Gasteiger partial charge < -0.3 is 5.32 Å². The molecule has 1 saturated heterocycles. The molecule has 1 unspecified atom stereocenters. The molecule has 1 aliphatic heterocycles. The summed E-state index contributed by atoms with van der Waals surface area (Å²) in [5.74, 6) is 0.525. The smallest absolute Gasteiger partial charge is 0.266 e. The molecule has 0 amide bonds. The first kappa shape index (κ1) is 18.0. The molecule has 0 aromatic carbocycles. The maximum Gasteiger partial charge on any atom is 0.266 e. The summed E-state index contributed by atoms with van der Waals surface area (Å²) in [6, 6.07) is 5.69. The summed E-state index contributed by atoms with van der Waals surface area (Å²) in [6.07, 6.45) is 6.50. The predicted molar refractivity (Wildman–Crippen MR) is 97.7 cm³/mol. The van der Waals surface area contributed by atoms with E-state index in [0.717, 1.165) is 31.6 Å². The number of nitriles is 1. The van der Waals surface area contributed by atoms with Crippen molar-refractivity contribution in [3.05, 3.63) is 46.3 Å². The van der Waals surface area contributed by atoms with Gasteiger partial charge in [0.25, 0.3) is 5.56 Å². The largest absolute Gasteiger partial charge is 0.366 e. The highest BCUT2D eigenvalue weighted by Crippen LogP contribution is 2.18. The van der Waals surface area contributed by atoms with E-state index >= 15 is 0 Å². The molecule has 2 aromatic heterocycles. The molecular formula is C18H23N7O. The number of rotatable bonds is 6. The van der Waals surface area contributed by atoms with E-state index in [2.05, 4.69) is 31.4 Å². The van der Waals surface area contributed by atoms with Gasteiger partial charge in [0.05, 0.1) is 12.2 Å². The molecule has 0 radical (unpaired) electrons. The Bertz CT molecular complexity index is 842. The molecule has 136 valence electrons. The second-order valence-electron chi connectivity index (χ2n) is 6.47. The van der Waals surface area contributed by atoms with Gasteiger partial charge in [-0.3, -0.25) is 9.69 Å². The third kappa shape index (κ3) is 4.43. The molecule has 2 aromatic rings. The minimum atomic E-state index is -0.0690. The van der Waals surface area contributed by atoms with Gasteiger partial charge in [-0.2, -0.15) is 10.4 Å². The van der Waals surface area contributed by atoms with E-state index in [1.165, 1.54) is 17.3 Å². The Balaban J connectivity index is 1.62. The number of hydrogen-bond acceptors (Lipinski definition) is 7. The van der Waals surface area contributed by atoms with Crippen molar-refractivity contribution in [2.24, 2.45) is 0 Å². The summed E-state index contributed by atoms with van der Waals surface area (Å²) in [4.78, 5) is 22.5. The van der Waals surface area contributed by atoms with E-state index in [0.29, 0.717) is 30.6 Å². The molecule has 1 N–H and O–H groups in total. The van der Waals surface area contributed by atoms with Crippen molar-refractivity contribution in [2.45, 2.75) is 38.8 Å². The van der Waals surface area contributed by atoms with Crippen LogP contribution in [-0.2, 0) is 6.54 Å². The Morgan fingerprint density at radius 1 is 1.27 bits per heavy atom. The normalized spacial score (nSPS) is 17.6.